The van der Waals surface area contributed by atoms with E-state index in [1.54, 1.807) is 11.3 Å². The number of ether oxygens (including phenoxy) is 1. The van der Waals surface area contributed by atoms with E-state index in [1.165, 1.54) is 11.3 Å². The van der Waals surface area contributed by atoms with E-state index in [-0.39, 0.29) is 0 Å². The lowest BCUT2D eigenvalue weighted by Gasteiger charge is -2.34. The lowest BCUT2D eigenvalue weighted by Crippen LogP contribution is -2.45. The lowest BCUT2D eigenvalue weighted by molar-refractivity contribution is 0.0374. The minimum Gasteiger partial charge on any atom is -0.379 e. The second-order valence-electron chi connectivity index (χ2n) is 8.97. The quantitative estimate of drug-likeness (QED) is 0.447. The molecule has 0 atom stereocenters. The first-order chi connectivity index (χ1) is 16.8. The second-order valence-corrected chi connectivity index (χ2v) is 9.90. The maximum absolute atomic E-state index is 5.42. The number of piperazine rings is 1. The molecule has 2 saturated heterocycles. The zero-order valence-electron chi connectivity index (χ0n) is 19.8. The molecule has 182 valence electrons. The molecule has 5 rings (SSSR count). The van der Waals surface area contributed by atoms with Crippen molar-refractivity contribution < 1.29 is 4.74 Å². The third-order valence-corrected chi connectivity index (χ3v) is 7.56. The molecule has 4 heterocycles. The second kappa shape index (κ2) is 11.9. The normalized spacial score (nSPS) is 17.9. The van der Waals surface area contributed by atoms with E-state index < -0.39 is 0 Å². The van der Waals surface area contributed by atoms with Gasteiger partial charge in [-0.15, -0.1) is 10.2 Å². The average molecular weight is 482 g/mol. The van der Waals surface area contributed by atoms with E-state index in [2.05, 4.69) is 83.4 Å². The summed E-state index contributed by atoms with van der Waals surface area (Å²) >= 11 is 1.68. The fourth-order valence-electron chi connectivity index (χ4n) is 4.59. The fraction of sp³-hybridized carbons (Fsp3) is 0.520. The van der Waals surface area contributed by atoms with Gasteiger partial charge in [-0.3, -0.25) is 14.4 Å². The zero-order chi connectivity index (χ0) is 23.0. The van der Waals surface area contributed by atoms with Gasteiger partial charge >= 0.3 is 0 Å². The number of benzene rings is 1. The maximum atomic E-state index is 5.42. The number of nitrogens with zero attached hydrogens (tertiary/aromatic N) is 6. The number of nitrogens with one attached hydrogen (secondary N) is 1. The first kappa shape index (κ1) is 23.4. The molecule has 2 fully saturated rings. The summed E-state index contributed by atoms with van der Waals surface area (Å²) in [5.41, 5.74) is 2.60. The fourth-order valence-corrected chi connectivity index (χ4v) is 5.50. The molecule has 1 N–H and O–H groups in total. The molecular formula is C25H35N7OS. The van der Waals surface area contributed by atoms with Crippen molar-refractivity contribution >= 4 is 16.5 Å². The summed E-state index contributed by atoms with van der Waals surface area (Å²) in [5, 5.41) is 14.6. The predicted octanol–water partition coefficient (Wildman–Crippen LogP) is 2.46. The zero-order valence-corrected chi connectivity index (χ0v) is 20.6. The van der Waals surface area contributed by atoms with Crippen LogP contribution in [0.4, 0.5) is 5.13 Å². The van der Waals surface area contributed by atoms with Crippen molar-refractivity contribution in [3.05, 3.63) is 59.9 Å². The number of anilines is 1. The van der Waals surface area contributed by atoms with Gasteiger partial charge in [-0.1, -0.05) is 41.7 Å². The van der Waals surface area contributed by atoms with Gasteiger partial charge in [-0.05, 0) is 37.2 Å². The van der Waals surface area contributed by atoms with Crippen molar-refractivity contribution in [1.82, 2.24) is 29.9 Å². The van der Waals surface area contributed by atoms with E-state index >= 15 is 0 Å². The molecule has 3 aromatic rings. The average Bonchev–Trinajstić information content (AvgIpc) is 3.55. The van der Waals surface area contributed by atoms with E-state index in [0.29, 0.717) is 0 Å². The molecule has 2 aliphatic heterocycles. The van der Waals surface area contributed by atoms with Gasteiger partial charge < -0.3 is 15.0 Å². The molecular weight excluding hydrogens is 446 g/mol. The molecule has 1 aromatic carbocycles. The first-order valence-corrected chi connectivity index (χ1v) is 13.2. The van der Waals surface area contributed by atoms with Crippen LogP contribution in [0, 0.1) is 0 Å². The standard InChI is InChI=1S/C25H35N7OS/c1-2-6-22(7-3-1)21-30-12-14-31(15-13-30)24-27-28-25(34-24)32-11-4-8-23(32)20-26-9-5-10-29-16-18-33-19-17-29/h1-4,6-8,11,26H,5,9-10,12-21H2. The van der Waals surface area contributed by atoms with Crippen molar-refractivity contribution in [2.75, 3.05) is 70.5 Å². The van der Waals surface area contributed by atoms with E-state index in [9.17, 15) is 0 Å². The van der Waals surface area contributed by atoms with Gasteiger partial charge in [-0.25, -0.2) is 0 Å². The Labute approximate surface area is 206 Å². The highest BCUT2D eigenvalue weighted by Gasteiger charge is 2.21. The monoisotopic (exact) mass is 481 g/mol. The molecule has 0 unspecified atom stereocenters. The maximum Gasteiger partial charge on any atom is 0.218 e. The van der Waals surface area contributed by atoms with Crippen LogP contribution in [0.2, 0.25) is 0 Å². The smallest absolute Gasteiger partial charge is 0.218 e. The lowest BCUT2D eigenvalue weighted by atomic mass is 10.2. The number of aromatic nitrogens is 3. The molecule has 0 saturated carbocycles. The van der Waals surface area contributed by atoms with Crippen molar-refractivity contribution in [3.63, 3.8) is 0 Å². The molecule has 2 aliphatic rings. The Balaban J connectivity index is 1.08. The van der Waals surface area contributed by atoms with Crippen LogP contribution in [0.3, 0.4) is 0 Å². The van der Waals surface area contributed by atoms with Gasteiger partial charge in [0.25, 0.3) is 0 Å². The van der Waals surface area contributed by atoms with Gasteiger partial charge in [-0.2, -0.15) is 0 Å². The summed E-state index contributed by atoms with van der Waals surface area (Å²) in [4.78, 5) is 7.37. The Bertz CT molecular complexity index is 994. The molecule has 34 heavy (non-hydrogen) atoms. The number of hydrogen-bond donors (Lipinski definition) is 1. The first-order valence-electron chi connectivity index (χ1n) is 12.4. The molecule has 2 aromatic heterocycles. The summed E-state index contributed by atoms with van der Waals surface area (Å²) in [7, 11) is 0. The SMILES string of the molecule is c1ccc(CN2CCN(c3nnc(-n4cccc4CNCCCN4CCOCC4)s3)CC2)cc1. The summed E-state index contributed by atoms with van der Waals surface area (Å²) in [5.74, 6) is 0. The third kappa shape index (κ3) is 6.22. The Morgan fingerprint density at radius 1 is 0.853 bits per heavy atom. The van der Waals surface area contributed by atoms with Crippen LogP contribution in [0.5, 0.6) is 0 Å². The topological polar surface area (TPSA) is 61.7 Å². The summed E-state index contributed by atoms with van der Waals surface area (Å²) < 4.78 is 7.59. The highest BCUT2D eigenvalue weighted by Crippen LogP contribution is 2.25. The Hall–Kier alpha value is -2.30. The number of rotatable bonds is 10. The van der Waals surface area contributed by atoms with E-state index in [0.717, 1.165) is 95.3 Å². The molecule has 0 aliphatic carbocycles. The molecule has 0 amide bonds. The van der Waals surface area contributed by atoms with Crippen LogP contribution in [0.1, 0.15) is 17.7 Å². The van der Waals surface area contributed by atoms with Crippen LogP contribution < -0.4 is 10.2 Å². The molecule has 0 spiro atoms. The van der Waals surface area contributed by atoms with Crippen molar-refractivity contribution in [1.29, 1.82) is 0 Å². The van der Waals surface area contributed by atoms with Crippen LogP contribution >= 0.6 is 11.3 Å². The molecule has 9 heteroatoms. The van der Waals surface area contributed by atoms with Crippen molar-refractivity contribution in [3.8, 4) is 5.13 Å². The Morgan fingerprint density at radius 3 is 2.47 bits per heavy atom. The molecule has 0 radical (unpaired) electrons. The van der Waals surface area contributed by atoms with Crippen LogP contribution in [-0.4, -0.2) is 90.1 Å². The highest BCUT2D eigenvalue weighted by atomic mass is 32.1. The Morgan fingerprint density at radius 2 is 1.65 bits per heavy atom. The van der Waals surface area contributed by atoms with E-state index in [4.69, 9.17) is 4.74 Å². The Kier molecular flexibility index (Phi) is 8.21. The number of hydrogen-bond acceptors (Lipinski definition) is 8. The summed E-state index contributed by atoms with van der Waals surface area (Å²) in [6.45, 7) is 11.9. The van der Waals surface area contributed by atoms with Crippen LogP contribution in [0.15, 0.2) is 48.7 Å². The van der Waals surface area contributed by atoms with Crippen LogP contribution in [-0.2, 0) is 17.8 Å². The van der Waals surface area contributed by atoms with Gasteiger partial charge in [0.1, 0.15) is 0 Å². The van der Waals surface area contributed by atoms with Gasteiger partial charge in [0.2, 0.25) is 10.3 Å². The van der Waals surface area contributed by atoms with E-state index in [1.807, 2.05) is 0 Å². The number of morpholine rings is 1. The third-order valence-electron chi connectivity index (χ3n) is 6.57. The van der Waals surface area contributed by atoms with Gasteiger partial charge in [0.15, 0.2) is 0 Å². The van der Waals surface area contributed by atoms with Crippen molar-refractivity contribution in [2.24, 2.45) is 0 Å². The molecule has 0 bridgehead atoms. The highest BCUT2D eigenvalue weighted by molar-refractivity contribution is 7.17. The summed E-state index contributed by atoms with van der Waals surface area (Å²) in [6, 6.07) is 15.0. The largest absolute Gasteiger partial charge is 0.379 e. The van der Waals surface area contributed by atoms with Crippen molar-refractivity contribution in [2.45, 2.75) is 19.5 Å². The van der Waals surface area contributed by atoms with Gasteiger partial charge in [0, 0.05) is 64.2 Å². The van der Waals surface area contributed by atoms with Gasteiger partial charge in [0.05, 0.1) is 13.2 Å². The minimum absolute atomic E-state index is 0.836. The minimum atomic E-state index is 0.836. The van der Waals surface area contributed by atoms with Crippen LogP contribution in [0.25, 0.3) is 5.13 Å². The summed E-state index contributed by atoms with van der Waals surface area (Å²) in [6.07, 6.45) is 3.24. The predicted molar refractivity (Wildman–Crippen MR) is 137 cm³/mol. The molecule has 8 nitrogen and oxygen atoms in total.